The van der Waals surface area contributed by atoms with Gasteiger partial charge in [-0.2, -0.15) is 5.10 Å². The van der Waals surface area contributed by atoms with E-state index in [0.717, 1.165) is 47.7 Å². The van der Waals surface area contributed by atoms with E-state index in [9.17, 15) is 9.59 Å². The van der Waals surface area contributed by atoms with Crippen LogP contribution in [0.2, 0.25) is 0 Å². The van der Waals surface area contributed by atoms with Gasteiger partial charge in [0.05, 0.1) is 6.54 Å². The number of benzene rings is 1. The molecule has 1 N–H and O–H groups in total. The Morgan fingerprint density at radius 2 is 2.12 bits per heavy atom. The van der Waals surface area contributed by atoms with Gasteiger partial charge in [-0.05, 0) is 49.4 Å². The van der Waals surface area contributed by atoms with Crippen molar-refractivity contribution in [3.8, 4) is 0 Å². The van der Waals surface area contributed by atoms with Crippen LogP contribution >= 0.6 is 0 Å². The molecule has 1 aromatic carbocycles. The summed E-state index contributed by atoms with van der Waals surface area (Å²) in [5.74, 6) is 1.41. The highest BCUT2D eigenvalue weighted by atomic mass is 16.1. The van der Waals surface area contributed by atoms with Crippen LogP contribution in [0.5, 0.6) is 0 Å². The van der Waals surface area contributed by atoms with Gasteiger partial charge in [0.2, 0.25) is 6.41 Å². The van der Waals surface area contributed by atoms with Crippen LogP contribution in [0, 0.1) is 0 Å². The highest BCUT2D eigenvalue weighted by Gasteiger charge is 2.26. The zero-order valence-electron chi connectivity index (χ0n) is 14.6. The fraction of sp³-hybridized carbons (Fsp3) is 0.421. The van der Waals surface area contributed by atoms with Crippen LogP contribution in [-0.4, -0.2) is 33.4 Å². The summed E-state index contributed by atoms with van der Waals surface area (Å²) >= 11 is 0. The van der Waals surface area contributed by atoms with Gasteiger partial charge in [0.1, 0.15) is 0 Å². The number of carbonyl (C=O) groups is 2. The van der Waals surface area contributed by atoms with Crippen molar-refractivity contribution in [2.45, 2.75) is 38.6 Å². The van der Waals surface area contributed by atoms with Crippen molar-refractivity contribution in [1.29, 1.82) is 0 Å². The summed E-state index contributed by atoms with van der Waals surface area (Å²) in [5, 5.41) is 7.99. The fourth-order valence-electron chi connectivity index (χ4n) is 3.52. The minimum Gasteiger partial charge on any atom is -0.340 e. The molecule has 6 heteroatoms. The molecule has 0 unspecified atom stereocenters. The molecule has 1 fully saturated rings. The number of nitrogens with zero attached hydrogens (tertiary/aromatic N) is 3. The second-order valence-corrected chi connectivity index (χ2v) is 7.02. The van der Waals surface area contributed by atoms with E-state index in [1.54, 1.807) is 11.8 Å². The number of fused-ring (bicyclic) bond motifs is 1. The molecule has 0 spiro atoms. The lowest BCUT2D eigenvalue weighted by molar-refractivity contribution is -0.118. The number of ketones is 1. The molecule has 2 heterocycles. The zero-order chi connectivity index (χ0) is 17.6. The molecule has 130 valence electrons. The maximum Gasteiger partial charge on any atom is 0.210 e. The number of hydrogen-bond acceptors (Lipinski definition) is 4. The Labute approximate surface area is 146 Å². The normalized spacial score (nSPS) is 16.5. The van der Waals surface area contributed by atoms with Crippen LogP contribution < -0.4 is 5.32 Å². The molecule has 1 aliphatic carbocycles. The van der Waals surface area contributed by atoms with Gasteiger partial charge in [0, 0.05) is 42.5 Å². The van der Waals surface area contributed by atoms with Crippen molar-refractivity contribution in [3.05, 3.63) is 40.6 Å². The monoisotopic (exact) mass is 338 g/mol. The van der Waals surface area contributed by atoms with Gasteiger partial charge in [0.25, 0.3) is 0 Å². The molecule has 1 saturated carbocycles. The van der Waals surface area contributed by atoms with Crippen molar-refractivity contribution in [1.82, 2.24) is 14.7 Å². The molecule has 0 saturated heterocycles. The van der Waals surface area contributed by atoms with Gasteiger partial charge in [-0.3, -0.25) is 14.3 Å². The van der Waals surface area contributed by atoms with Gasteiger partial charge in [-0.15, -0.1) is 0 Å². The van der Waals surface area contributed by atoms with Crippen LogP contribution in [0.25, 0.3) is 0 Å². The number of amides is 1. The first kappa shape index (κ1) is 15.9. The molecule has 25 heavy (non-hydrogen) atoms. The Morgan fingerprint density at radius 1 is 1.32 bits per heavy atom. The molecule has 1 amide bonds. The lowest BCUT2D eigenvalue weighted by atomic mass is 10.0. The molecular formula is C19H22N4O2. The maximum atomic E-state index is 11.9. The van der Waals surface area contributed by atoms with Gasteiger partial charge in [0.15, 0.2) is 11.6 Å². The van der Waals surface area contributed by atoms with Crippen molar-refractivity contribution in [2.75, 3.05) is 11.9 Å². The van der Waals surface area contributed by atoms with E-state index in [4.69, 9.17) is 0 Å². The van der Waals surface area contributed by atoms with Gasteiger partial charge in [-0.25, -0.2) is 0 Å². The van der Waals surface area contributed by atoms with Crippen molar-refractivity contribution in [2.24, 2.45) is 7.05 Å². The van der Waals surface area contributed by atoms with E-state index >= 15 is 0 Å². The molecule has 2 aromatic rings. The molecule has 6 nitrogen and oxygen atoms in total. The van der Waals surface area contributed by atoms with Gasteiger partial charge in [-0.1, -0.05) is 0 Å². The molecule has 1 aliphatic heterocycles. The van der Waals surface area contributed by atoms with Crippen LogP contribution in [0.4, 0.5) is 11.5 Å². The predicted molar refractivity (Wildman–Crippen MR) is 95.1 cm³/mol. The summed E-state index contributed by atoms with van der Waals surface area (Å²) in [6, 6.07) is 6.01. The maximum absolute atomic E-state index is 11.9. The average molecular weight is 338 g/mol. The number of carbonyl (C=O) groups excluding carboxylic acids is 2. The molecular weight excluding hydrogens is 316 g/mol. The van der Waals surface area contributed by atoms with Crippen LogP contribution in [-0.2, 0) is 24.8 Å². The largest absolute Gasteiger partial charge is 0.340 e. The average Bonchev–Trinajstić information content (AvgIpc) is 3.41. The van der Waals surface area contributed by atoms with Crippen LogP contribution in [0.1, 0.15) is 52.9 Å². The van der Waals surface area contributed by atoms with Crippen LogP contribution in [0.3, 0.4) is 0 Å². The SMILES string of the molecule is CC(=O)c1cc(Nc2nn(C)c3c2CN(C=O)CC3)cc(C2CC2)c1. The summed E-state index contributed by atoms with van der Waals surface area (Å²) in [6.45, 7) is 2.89. The van der Waals surface area contributed by atoms with E-state index in [2.05, 4.69) is 16.5 Å². The summed E-state index contributed by atoms with van der Waals surface area (Å²) in [5.41, 5.74) is 5.05. The van der Waals surface area contributed by atoms with Crippen LogP contribution in [0.15, 0.2) is 18.2 Å². The lowest BCUT2D eigenvalue weighted by Gasteiger charge is -2.23. The molecule has 0 bridgehead atoms. The van der Waals surface area contributed by atoms with E-state index in [-0.39, 0.29) is 5.78 Å². The first-order chi connectivity index (χ1) is 12.0. The zero-order valence-corrected chi connectivity index (χ0v) is 14.6. The second kappa shape index (κ2) is 6.02. The third-order valence-electron chi connectivity index (χ3n) is 5.09. The Morgan fingerprint density at radius 3 is 2.80 bits per heavy atom. The molecule has 0 atom stereocenters. The minimum absolute atomic E-state index is 0.0701. The standard InChI is InChI=1S/C19H22N4O2/c1-12(25)14-7-15(13-3-4-13)9-16(8-14)20-19-17-10-23(11-24)6-5-18(17)22(2)21-19/h7-9,11,13H,3-6,10H2,1-2H3,(H,20,21). The second-order valence-electron chi connectivity index (χ2n) is 7.02. The third kappa shape index (κ3) is 3.04. The van der Waals surface area contributed by atoms with E-state index in [1.807, 2.05) is 23.9 Å². The molecule has 1 aromatic heterocycles. The predicted octanol–water partition coefficient (Wildman–Crippen LogP) is 2.76. The van der Waals surface area contributed by atoms with E-state index in [0.29, 0.717) is 12.5 Å². The lowest BCUT2D eigenvalue weighted by Crippen LogP contribution is -2.29. The van der Waals surface area contributed by atoms with Crippen molar-refractivity contribution < 1.29 is 9.59 Å². The Hall–Kier alpha value is -2.63. The number of anilines is 2. The molecule has 2 aliphatic rings. The highest BCUT2D eigenvalue weighted by Crippen LogP contribution is 2.41. The summed E-state index contributed by atoms with van der Waals surface area (Å²) in [6.07, 6.45) is 4.07. The fourth-order valence-corrected chi connectivity index (χ4v) is 3.52. The number of aromatic nitrogens is 2. The first-order valence-electron chi connectivity index (χ1n) is 8.72. The molecule has 4 rings (SSSR count). The van der Waals surface area contributed by atoms with Gasteiger partial charge >= 0.3 is 0 Å². The number of rotatable bonds is 5. The topological polar surface area (TPSA) is 67.2 Å². The van der Waals surface area contributed by atoms with E-state index in [1.165, 1.54) is 18.4 Å². The first-order valence-corrected chi connectivity index (χ1v) is 8.72. The van der Waals surface area contributed by atoms with Crippen molar-refractivity contribution in [3.63, 3.8) is 0 Å². The Balaban J connectivity index is 1.69. The summed E-state index contributed by atoms with van der Waals surface area (Å²) < 4.78 is 1.89. The smallest absolute Gasteiger partial charge is 0.210 e. The number of nitrogens with one attached hydrogen (secondary N) is 1. The summed E-state index contributed by atoms with van der Waals surface area (Å²) in [7, 11) is 1.93. The highest BCUT2D eigenvalue weighted by molar-refractivity contribution is 5.95. The Kier molecular flexibility index (Phi) is 3.82. The summed E-state index contributed by atoms with van der Waals surface area (Å²) in [4.78, 5) is 24.8. The number of Topliss-reactive ketones (excluding diaryl/α,β-unsaturated/α-hetero) is 1. The number of hydrogen-bond donors (Lipinski definition) is 1. The van der Waals surface area contributed by atoms with E-state index < -0.39 is 0 Å². The third-order valence-corrected chi connectivity index (χ3v) is 5.09. The number of aryl methyl sites for hydroxylation is 1. The minimum atomic E-state index is 0.0701. The quantitative estimate of drug-likeness (QED) is 0.672. The Bertz CT molecular complexity index is 851. The van der Waals surface area contributed by atoms with Gasteiger partial charge < -0.3 is 10.2 Å². The molecule has 0 radical (unpaired) electrons. The van der Waals surface area contributed by atoms with Crippen molar-refractivity contribution >= 4 is 23.7 Å².